The summed E-state index contributed by atoms with van der Waals surface area (Å²) in [5, 5.41) is 5.23. The van der Waals surface area contributed by atoms with Gasteiger partial charge in [0.15, 0.2) is 0 Å². The van der Waals surface area contributed by atoms with Crippen LogP contribution >= 0.6 is 51.5 Å². The normalized spacial score (nSPS) is 10.4. The van der Waals surface area contributed by atoms with E-state index in [1.165, 1.54) is 0 Å². The van der Waals surface area contributed by atoms with Gasteiger partial charge in [0.05, 0.1) is 17.1 Å². The summed E-state index contributed by atoms with van der Waals surface area (Å²) in [5.41, 5.74) is 0.444. The number of thiophene rings is 1. The molecule has 0 fully saturated rings. The van der Waals surface area contributed by atoms with E-state index in [2.05, 4.69) is 33.9 Å². The van der Waals surface area contributed by atoms with Gasteiger partial charge in [0.1, 0.15) is 0 Å². The minimum absolute atomic E-state index is 0.194. The molecule has 0 saturated heterocycles. The van der Waals surface area contributed by atoms with Gasteiger partial charge in [-0.15, -0.1) is 24.0 Å². The van der Waals surface area contributed by atoms with Crippen LogP contribution in [0.25, 0.3) is 0 Å². The molecule has 0 atom stereocenters. The summed E-state index contributed by atoms with van der Waals surface area (Å²) in [6.07, 6.45) is 0. The second-order valence-corrected chi connectivity index (χ2v) is 6.41. The van der Waals surface area contributed by atoms with Crippen LogP contribution in [0.1, 0.15) is 15.2 Å². The molecule has 94 valence electrons. The number of amides is 1. The van der Waals surface area contributed by atoms with Gasteiger partial charge in [0.25, 0.3) is 5.91 Å². The highest BCUT2D eigenvalue weighted by atomic mass is 79.9. The first kappa shape index (κ1) is 13.9. The Hall–Kier alpha value is -0.490. The van der Waals surface area contributed by atoms with E-state index in [0.717, 1.165) is 9.35 Å². The molecular weight excluding hydrogens is 354 g/mol. The average molecular weight is 363 g/mol. The van der Waals surface area contributed by atoms with Crippen LogP contribution in [0.5, 0.6) is 0 Å². The number of carbonyl (C=O) groups is 1. The fourth-order valence-corrected chi connectivity index (χ4v) is 3.19. The molecule has 0 bridgehead atoms. The minimum atomic E-state index is -0.194. The van der Waals surface area contributed by atoms with E-state index in [-0.39, 0.29) is 5.91 Å². The summed E-state index contributed by atoms with van der Waals surface area (Å²) in [7, 11) is 0. The third-order valence-electron chi connectivity index (χ3n) is 2.24. The number of nitrogens with one attached hydrogen (secondary N) is 1. The number of carbonyl (C=O) groups excluding carboxylic acids is 1. The monoisotopic (exact) mass is 361 g/mol. The zero-order valence-electron chi connectivity index (χ0n) is 9.11. The maximum absolute atomic E-state index is 12.0. The maximum atomic E-state index is 12.0. The lowest BCUT2D eigenvalue weighted by atomic mass is 10.2. The quantitative estimate of drug-likeness (QED) is 0.779. The van der Waals surface area contributed by atoms with E-state index in [1.54, 1.807) is 29.5 Å². The van der Waals surface area contributed by atoms with Crippen molar-refractivity contribution in [3.8, 4) is 0 Å². The van der Waals surface area contributed by atoms with Crippen LogP contribution in [0.4, 0.5) is 0 Å². The maximum Gasteiger partial charge on any atom is 0.253 e. The van der Waals surface area contributed by atoms with Gasteiger partial charge in [0.2, 0.25) is 0 Å². The zero-order valence-corrected chi connectivity index (χ0v) is 13.2. The number of hydrogen-bond donors (Lipinski definition) is 2. The lowest BCUT2D eigenvalue weighted by molar-refractivity contribution is 0.0951. The van der Waals surface area contributed by atoms with Crippen molar-refractivity contribution in [3.63, 3.8) is 0 Å². The molecule has 0 aliphatic rings. The Morgan fingerprint density at radius 3 is 2.89 bits per heavy atom. The lowest BCUT2D eigenvalue weighted by Gasteiger charge is -2.06. The van der Waals surface area contributed by atoms with Crippen molar-refractivity contribution >= 4 is 57.4 Å². The van der Waals surface area contributed by atoms with Gasteiger partial charge in [-0.3, -0.25) is 4.79 Å². The molecule has 0 radical (unpaired) electrons. The molecule has 1 aromatic heterocycles. The van der Waals surface area contributed by atoms with Gasteiger partial charge < -0.3 is 5.32 Å². The largest absolute Gasteiger partial charge is 0.347 e. The Kier molecular flexibility index (Phi) is 4.72. The lowest BCUT2D eigenvalue weighted by Crippen LogP contribution is -2.22. The first-order valence-electron chi connectivity index (χ1n) is 5.06. The topological polar surface area (TPSA) is 29.1 Å². The predicted molar refractivity (Wildman–Crippen MR) is 81.9 cm³/mol. The van der Waals surface area contributed by atoms with E-state index in [0.29, 0.717) is 22.0 Å². The van der Waals surface area contributed by atoms with Crippen LogP contribution in [0.2, 0.25) is 5.02 Å². The second-order valence-electron chi connectivity index (χ2n) is 3.58. The molecule has 6 heteroatoms. The molecule has 0 aliphatic heterocycles. The Morgan fingerprint density at radius 2 is 2.22 bits per heavy atom. The Bertz CT molecular complexity index is 585. The van der Waals surface area contributed by atoms with Crippen molar-refractivity contribution in [2.45, 2.75) is 11.4 Å². The Balaban J connectivity index is 2.05. The highest BCUT2D eigenvalue weighted by Gasteiger charge is 2.10. The minimum Gasteiger partial charge on any atom is -0.347 e. The number of thiol groups is 1. The van der Waals surface area contributed by atoms with Gasteiger partial charge in [-0.1, -0.05) is 11.6 Å². The van der Waals surface area contributed by atoms with Crippen molar-refractivity contribution in [3.05, 3.63) is 49.6 Å². The Morgan fingerprint density at radius 1 is 1.44 bits per heavy atom. The second kappa shape index (κ2) is 6.10. The fourth-order valence-electron chi connectivity index (χ4n) is 1.40. The van der Waals surface area contributed by atoms with Crippen LogP contribution in [0, 0.1) is 0 Å². The number of hydrogen-bond acceptors (Lipinski definition) is 3. The van der Waals surface area contributed by atoms with Crippen molar-refractivity contribution in [1.29, 1.82) is 0 Å². The van der Waals surface area contributed by atoms with E-state index in [1.807, 2.05) is 11.4 Å². The molecule has 2 rings (SSSR count). The van der Waals surface area contributed by atoms with Crippen molar-refractivity contribution in [1.82, 2.24) is 5.32 Å². The SMILES string of the molecule is O=C(NCc1cc(Br)cs1)c1cc(S)ccc1Cl. The Labute approximate surface area is 128 Å². The van der Waals surface area contributed by atoms with E-state index in [9.17, 15) is 4.79 Å². The van der Waals surface area contributed by atoms with Crippen LogP contribution in [0.3, 0.4) is 0 Å². The third-order valence-corrected chi connectivity index (χ3v) is 4.54. The van der Waals surface area contributed by atoms with Gasteiger partial charge in [-0.05, 0) is 40.2 Å². The summed E-state index contributed by atoms with van der Waals surface area (Å²) < 4.78 is 1.02. The van der Waals surface area contributed by atoms with Crippen LogP contribution in [0.15, 0.2) is 39.0 Å². The van der Waals surface area contributed by atoms with Gasteiger partial charge in [0, 0.05) is 19.6 Å². The van der Waals surface area contributed by atoms with Gasteiger partial charge in [-0.25, -0.2) is 0 Å². The third kappa shape index (κ3) is 3.51. The molecule has 1 aromatic carbocycles. The number of halogens is 2. The van der Waals surface area contributed by atoms with Crippen LogP contribution in [-0.4, -0.2) is 5.91 Å². The van der Waals surface area contributed by atoms with Crippen molar-refractivity contribution < 1.29 is 4.79 Å². The van der Waals surface area contributed by atoms with Crippen molar-refractivity contribution in [2.24, 2.45) is 0 Å². The first-order chi connectivity index (χ1) is 8.56. The van der Waals surface area contributed by atoms with Gasteiger partial charge >= 0.3 is 0 Å². The highest BCUT2D eigenvalue weighted by Crippen LogP contribution is 2.21. The summed E-state index contributed by atoms with van der Waals surface area (Å²) in [6, 6.07) is 7.05. The molecule has 0 aliphatic carbocycles. The zero-order chi connectivity index (χ0) is 13.1. The molecule has 0 unspecified atom stereocenters. The van der Waals surface area contributed by atoms with E-state index >= 15 is 0 Å². The number of rotatable bonds is 3. The molecule has 18 heavy (non-hydrogen) atoms. The van der Waals surface area contributed by atoms with Crippen LogP contribution < -0.4 is 5.32 Å². The highest BCUT2D eigenvalue weighted by molar-refractivity contribution is 9.10. The summed E-state index contributed by atoms with van der Waals surface area (Å²) >= 11 is 15.1. The first-order valence-corrected chi connectivity index (χ1v) is 7.55. The molecule has 1 heterocycles. The number of benzene rings is 1. The van der Waals surface area contributed by atoms with Gasteiger partial charge in [-0.2, -0.15) is 0 Å². The molecule has 0 saturated carbocycles. The predicted octanol–water partition coefficient (Wildman–Crippen LogP) is 4.38. The van der Waals surface area contributed by atoms with Crippen LogP contribution in [-0.2, 0) is 6.54 Å². The van der Waals surface area contributed by atoms with E-state index in [4.69, 9.17) is 11.6 Å². The van der Waals surface area contributed by atoms with Crippen molar-refractivity contribution in [2.75, 3.05) is 0 Å². The molecule has 2 aromatic rings. The summed E-state index contributed by atoms with van der Waals surface area (Å²) in [5.74, 6) is -0.194. The summed E-state index contributed by atoms with van der Waals surface area (Å²) in [4.78, 5) is 13.7. The molecular formula is C12H9BrClNOS2. The summed E-state index contributed by atoms with van der Waals surface area (Å²) in [6.45, 7) is 0.488. The van der Waals surface area contributed by atoms with E-state index < -0.39 is 0 Å². The molecule has 1 N–H and O–H groups in total. The standard InChI is InChI=1S/C12H9BrClNOS2/c13-7-3-9(18-6-7)5-15-12(16)10-4-8(17)1-2-11(10)14/h1-4,6,17H,5H2,(H,15,16). The molecule has 1 amide bonds. The molecule has 0 spiro atoms. The molecule has 2 nitrogen and oxygen atoms in total. The fraction of sp³-hybridized carbons (Fsp3) is 0.0833. The average Bonchev–Trinajstić information content (AvgIpc) is 2.75. The smallest absolute Gasteiger partial charge is 0.253 e.